The van der Waals surface area contributed by atoms with Crippen molar-refractivity contribution in [3.05, 3.63) is 66.7 Å². The van der Waals surface area contributed by atoms with Crippen LogP contribution in [-0.2, 0) is 14.3 Å². The van der Waals surface area contributed by atoms with Crippen LogP contribution in [0.25, 0.3) is 0 Å². The van der Waals surface area contributed by atoms with Gasteiger partial charge < -0.3 is 15.2 Å². The molecule has 0 radical (unpaired) electrons. The Morgan fingerprint density at radius 1 is 0.852 bits per heavy atom. The number of aliphatic carboxylic acids is 1. The van der Waals surface area contributed by atoms with Crippen molar-refractivity contribution in [1.82, 2.24) is 0 Å². The Balaban J connectivity index is 1.43. The molecule has 4 unspecified atom stereocenters. The van der Waals surface area contributed by atoms with E-state index in [2.05, 4.69) is 15.5 Å². The Bertz CT molecular complexity index is 909. The molecule has 7 heteroatoms. The van der Waals surface area contributed by atoms with Crippen molar-refractivity contribution in [3.8, 4) is 0 Å². The average Bonchev–Trinajstić information content (AvgIpc) is 3.30. The van der Waals surface area contributed by atoms with Crippen LogP contribution < -0.4 is 5.32 Å². The monoisotopic (exact) mass is 363 g/mol. The van der Waals surface area contributed by atoms with E-state index in [9.17, 15) is 14.7 Å². The fourth-order valence-electron chi connectivity index (χ4n) is 3.36. The van der Waals surface area contributed by atoms with Crippen molar-refractivity contribution in [3.63, 3.8) is 0 Å². The Kier molecular flexibility index (Phi) is 4.52. The Morgan fingerprint density at radius 3 is 2.07 bits per heavy atom. The van der Waals surface area contributed by atoms with Gasteiger partial charge in [0.1, 0.15) is 5.92 Å². The van der Waals surface area contributed by atoms with Crippen molar-refractivity contribution >= 4 is 28.9 Å². The molecule has 0 saturated carbocycles. The van der Waals surface area contributed by atoms with Gasteiger partial charge in [0.05, 0.1) is 29.5 Å². The van der Waals surface area contributed by atoms with Crippen molar-refractivity contribution in [2.45, 2.75) is 12.2 Å². The molecule has 2 heterocycles. The minimum atomic E-state index is -1.02. The third-order valence-electron chi connectivity index (χ3n) is 4.66. The summed E-state index contributed by atoms with van der Waals surface area (Å²) < 4.78 is 5.53. The predicted octanol–water partition coefficient (Wildman–Crippen LogP) is 3.69. The number of azo groups is 1. The largest absolute Gasteiger partial charge is 0.481 e. The first-order valence-electron chi connectivity index (χ1n) is 8.56. The number of nitrogens with one attached hydrogen (secondary N) is 1. The number of rotatable bonds is 5. The van der Waals surface area contributed by atoms with Crippen molar-refractivity contribution < 1.29 is 19.4 Å². The van der Waals surface area contributed by atoms with Crippen molar-refractivity contribution in [2.24, 2.45) is 22.1 Å². The van der Waals surface area contributed by atoms with E-state index in [4.69, 9.17) is 4.74 Å². The third-order valence-corrected chi connectivity index (χ3v) is 4.66. The fraction of sp³-hybridized carbons (Fsp3) is 0.200. The number of hydrogen-bond donors (Lipinski definition) is 2. The number of nitrogens with zero attached hydrogens (tertiary/aromatic N) is 2. The first-order chi connectivity index (χ1) is 13.1. The molecule has 4 rings (SSSR count). The van der Waals surface area contributed by atoms with Gasteiger partial charge in [-0.1, -0.05) is 30.4 Å². The lowest BCUT2D eigenvalue weighted by Crippen LogP contribution is -2.39. The lowest BCUT2D eigenvalue weighted by Gasteiger charge is -2.20. The minimum Gasteiger partial charge on any atom is -0.481 e. The lowest BCUT2D eigenvalue weighted by molar-refractivity contribution is -0.145. The van der Waals surface area contributed by atoms with Crippen molar-refractivity contribution in [1.29, 1.82) is 0 Å². The van der Waals surface area contributed by atoms with Crippen LogP contribution in [0.15, 0.2) is 77.0 Å². The molecule has 1 fully saturated rings. The molecule has 1 amide bonds. The molecule has 0 aromatic heterocycles. The normalized spacial score (nSPS) is 25.8. The summed E-state index contributed by atoms with van der Waals surface area (Å²) in [5, 5.41) is 20.4. The van der Waals surface area contributed by atoms with Crippen LogP contribution in [0, 0.1) is 11.8 Å². The van der Waals surface area contributed by atoms with E-state index in [1.165, 1.54) is 0 Å². The molecule has 2 bridgehead atoms. The smallest absolute Gasteiger partial charge is 0.310 e. The molecular formula is C20H17N3O4. The zero-order valence-corrected chi connectivity index (χ0v) is 14.2. The molecule has 7 nitrogen and oxygen atoms in total. The Labute approximate surface area is 155 Å². The van der Waals surface area contributed by atoms with E-state index >= 15 is 0 Å². The highest BCUT2D eigenvalue weighted by atomic mass is 16.5. The van der Waals surface area contributed by atoms with Gasteiger partial charge in [-0.05, 0) is 36.4 Å². The van der Waals surface area contributed by atoms with Crippen LogP contribution in [0.5, 0.6) is 0 Å². The molecule has 1 saturated heterocycles. The number of amides is 1. The summed E-state index contributed by atoms with van der Waals surface area (Å²) >= 11 is 0. The summed E-state index contributed by atoms with van der Waals surface area (Å²) in [4.78, 5) is 24.1. The lowest BCUT2D eigenvalue weighted by atomic mass is 9.82. The van der Waals surface area contributed by atoms with Crippen LogP contribution in [-0.4, -0.2) is 29.2 Å². The number of fused-ring (bicyclic) bond motifs is 2. The molecule has 2 aliphatic heterocycles. The van der Waals surface area contributed by atoms with Gasteiger partial charge in [-0.2, -0.15) is 10.2 Å². The molecular weight excluding hydrogens is 346 g/mol. The molecule has 27 heavy (non-hydrogen) atoms. The Morgan fingerprint density at radius 2 is 1.44 bits per heavy atom. The minimum absolute atomic E-state index is 0.363. The third kappa shape index (κ3) is 3.50. The average molecular weight is 363 g/mol. The maximum atomic E-state index is 12.6. The van der Waals surface area contributed by atoms with Gasteiger partial charge in [0, 0.05) is 5.69 Å². The molecule has 2 aromatic carbocycles. The van der Waals surface area contributed by atoms with E-state index in [1.54, 1.807) is 36.4 Å². The van der Waals surface area contributed by atoms with Gasteiger partial charge >= 0.3 is 5.97 Å². The summed E-state index contributed by atoms with van der Waals surface area (Å²) in [6.45, 7) is 0. The molecule has 4 atom stereocenters. The number of carbonyl (C=O) groups is 2. The maximum absolute atomic E-state index is 12.6. The van der Waals surface area contributed by atoms with E-state index in [0.29, 0.717) is 11.4 Å². The fourth-order valence-corrected chi connectivity index (χ4v) is 3.36. The van der Waals surface area contributed by atoms with Gasteiger partial charge in [0.25, 0.3) is 0 Å². The van der Waals surface area contributed by atoms with Crippen LogP contribution in [0.4, 0.5) is 17.1 Å². The molecule has 0 aliphatic carbocycles. The highest BCUT2D eigenvalue weighted by molar-refractivity contribution is 5.96. The van der Waals surface area contributed by atoms with Crippen LogP contribution in [0.2, 0.25) is 0 Å². The second kappa shape index (κ2) is 7.13. The van der Waals surface area contributed by atoms with Gasteiger partial charge in [0.15, 0.2) is 0 Å². The van der Waals surface area contributed by atoms with Crippen molar-refractivity contribution in [2.75, 3.05) is 5.32 Å². The zero-order valence-electron chi connectivity index (χ0n) is 14.2. The predicted molar refractivity (Wildman–Crippen MR) is 98.1 cm³/mol. The molecule has 136 valence electrons. The Hall–Kier alpha value is -3.32. The number of carbonyl (C=O) groups excluding carboxylic acids is 1. The summed E-state index contributed by atoms with van der Waals surface area (Å²) in [5.74, 6) is -2.99. The number of anilines is 1. The number of benzene rings is 2. The second-order valence-corrected chi connectivity index (χ2v) is 6.41. The van der Waals surface area contributed by atoms with Crippen LogP contribution in [0.1, 0.15) is 0 Å². The number of ether oxygens (including phenoxy) is 1. The van der Waals surface area contributed by atoms with E-state index in [1.807, 2.05) is 30.3 Å². The molecule has 0 spiro atoms. The molecule has 2 N–H and O–H groups in total. The first-order valence-corrected chi connectivity index (χ1v) is 8.56. The highest BCUT2D eigenvalue weighted by Gasteiger charge is 2.53. The van der Waals surface area contributed by atoms with E-state index in [0.717, 1.165) is 5.69 Å². The summed E-state index contributed by atoms with van der Waals surface area (Å²) in [5.41, 5.74) is 1.96. The maximum Gasteiger partial charge on any atom is 0.310 e. The van der Waals surface area contributed by atoms with Gasteiger partial charge in [-0.15, -0.1) is 0 Å². The second-order valence-electron chi connectivity index (χ2n) is 6.41. The van der Waals surface area contributed by atoms with Gasteiger partial charge in [-0.25, -0.2) is 0 Å². The topological polar surface area (TPSA) is 100 Å². The van der Waals surface area contributed by atoms with Crippen LogP contribution in [0.3, 0.4) is 0 Å². The highest BCUT2D eigenvalue weighted by Crippen LogP contribution is 2.39. The first kappa shape index (κ1) is 17.1. The van der Waals surface area contributed by atoms with E-state index < -0.39 is 30.0 Å². The summed E-state index contributed by atoms with van der Waals surface area (Å²) in [6.07, 6.45) is 2.43. The molecule has 2 aliphatic rings. The quantitative estimate of drug-likeness (QED) is 0.625. The number of hydrogen-bond acceptors (Lipinski definition) is 5. The van der Waals surface area contributed by atoms with E-state index in [-0.39, 0.29) is 5.91 Å². The van der Waals surface area contributed by atoms with Gasteiger partial charge in [0.2, 0.25) is 5.91 Å². The number of carboxylic acids is 1. The standard InChI is InChI=1S/C20H17N3O4/c24-19(17-15-10-11-16(27-15)18(17)20(25)26)21-12-6-8-14(9-7-12)23-22-13-4-2-1-3-5-13/h1-11,15-18H,(H,21,24)(H,25,26). The SMILES string of the molecule is O=C(O)C1C2C=CC(O2)C1C(=O)Nc1ccc(N=Nc2ccccc2)cc1. The molecule has 2 aromatic rings. The van der Waals surface area contributed by atoms with Crippen LogP contribution >= 0.6 is 0 Å². The summed E-state index contributed by atoms with van der Waals surface area (Å²) in [7, 11) is 0. The number of carboxylic acid groups (broad SMARTS) is 1. The zero-order chi connectivity index (χ0) is 18.8. The van der Waals surface area contributed by atoms with Gasteiger partial charge in [-0.3, -0.25) is 9.59 Å². The summed E-state index contributed by atoms with van der Waals surface area (Å²) in [6, 6.07) is 16.2.